The van der Waals surface area contributed by atoms with Crippen molar-refractivity contribution in [2.24, 2.45) is 17.1 Å². The predicted molar refractivity (Wildman–Crippen MR) is 118 cm³/mol. The van der Waals surface area contributed by atoms with Gasteiger partial charge in [0.2, 0.25) is 0 Å². The van der Waals surface area contributed by atoms with Crippen LogP contribution in [0.1, 0.15) is 77.2 Å². The molecule has 158 valence electrons. The summed E-state index contributed by atoms with van der Waals surface area (Å²) < 4.78 is 0. The van der Waals surface area contributed by atoms with Crippen LogP contribution >= 0.6 is 0 Å². The fourth-order valence-electron chi connectivity index (χ4n) is 4.81. The summed E-state index contributed by atoms with van der Waals surface area (Å²) in [4.78, 5) is 20.4. The first-order chi connectivity index (χ1) is 13.5. The van der Waals surface area contributed by atoms with Crippen molar-refractivity contribution in [1.82, 2.24) is 9.88 Å². The Morgan fingerprint density at radius 2 is 1.79 bits per heavy atom. The zero-order valence-corrected chi connectivity index (χ0v) is 18.6. The highest BCUT2D eigenvalue weighted by Crippen LogP contribution is 2.45. The van der Waals surface area contributed by atoms with Crippen LogP contribution < -0.4 is 10.6 Å². The fourth-order valence-corrected chi connectivity index (χ4v) is 4.81. The highest BCUT2D eigenvalue weighted by atomic mass is 16.1. The summed E-state index contributed by atoms with van der Waals surface area (Å²) in [5.41, 5.74) is 7.21. The number of rotatable bonds is 6. The molecular weight excluding hydrogens is 348 g/mol. The van der Waals surface area contributed by atoms with Gasteiger partial charge in [-0.1, -0.05) is 47.5 Å². The number of anilines is 1. The van der Waals surface area contributed by atoms with E-state index in [4.69, 9.17) is 5.73 Å². The molecule has 5 heteroatoms. The van der Waals surface area contributed by atoms with Gasteiger partial charge in [0.15, 0.2) is 0 Å². The molecule has 3 rings (SSSR count). The maximum absolute atomic E-state index is 11.2. The first kappa shape index (κ1) is 22.7. The Kier molecular flexibility index (Phi) is 8.29. The number of carbonyl (C=O) groups excluding carboxylic acids is 1. The zero-order valence-electron chi connectivity index (χ0n) is 18.6. The third-order valence-corrected chi connectivity index (χ3v) is 7.20. The second kappa shape index (κ2) is 10.2. The first-order valence-electron chi connectivity index (χ1n) is 11.2. The van der Waals surface area contributed by atoms with Gasteiger partial charge in [0, 0.05) is 32.2 Å². The van der Waals surface area contributed by atoms with Crippen molar-refractivity contribution in [3.8, 4) is 0 Å². The van der Waals surface area contributed by atoms with Gasteiger partial charge in [-0.25, -0.2) is 4.98 Å². The van der Waals surface area contributed by atoms with Gasteiger partial charge >= 0.3 is 0 Å². The lowest BCUT2D eigenvalue weighted by Gasteiger charge is -2.40. The number of aromatic nitrogens is 1. The number of primary amides is 1. The molecule has 1 aliphatic heterocycles. The predicted octanol–water partition coefficient (Wildman–Crippen LogP) is 4.32. The average Bonchev–Trinajstić information content (AvgIpc) is 3.26. The highest BCUT2D eigenvalue weighted by molar-refractivity contribution is 5.90. The van der Waals surface area contributed by atoms with Crippen LogP contribution in [0.15, 0.2) is 18.3 Å². The zero-order chi connectivity index (χ0) is 20.7. The van der Waals surface area contributed by atoms with Gasteiger partial charge in [-0.05, 0) is 42.7 Å². The number of pyridine rings is 1. The van der Waals surface area contributed by atoms with Gasteiger partial charge in [-0.2, -0.15) is 0 Å². The van der Waals surface area contributed by atoms with E-state index in [0.29, 0.717) is 11.1 Å². The molecule has 0 aromatic carbocycles. The van der Waals surface area contributed by atoms with E-state index in [9.17, 15) is 4.79 Å². The summed E-state index contributed by atoms with van der Waals surface area (Å²) in [5, 5.41) is 0. The molecule has 2 heterocycles. The Labute approximate surface area is 171 Å². The summed E-state index contributed by atoms with van der Waals surface area (Å²) in [6.07, 6.45) is 8.48. The minimum absolute atomic E-state index is 0.333. The van der Waals surface area contributed by atoms with E-state index in [1.165, 1.54) is 32.1 Å². The van der Waals surface area contributed by atoms with E-state index in [2.05, 4.69) is 35.6 Å². The van der Waals surface area contributed by atoms with Crippen molar-refractivity contribution >= 4 is 11.6 Å². The summed E-state index contributed by atoms with van der Waals surface area (Å²) >= 11 is 0. The lowest BCUT2D eigenvalue weighted by molar-refractivity contribution is 0.0995. The Hall–Kier alpha value is -1.62. The molecule has 28 heavy (non-hydrogen) atoms. The molecule has 5 nitrogen and oxygen atoms in total. The quantitative estimate of drug-likeness (QED) is 0.788. The first-order valence-corrected chi connectivity index (χ1v) is 11.2. The Morgan fingerprint density at radius 1 is 1.14 bits per heavy atom. The number of hydrogen-bond acceptors (Lipinski definition) is 4. The summed E-state index contributed by atoms with van der Waals surface area (Å²) in [6, 6.07) is 4.44. The fraction of sp³-hybridized carbons (Fsp3) is 0.739. The van der Waals surface area contributed by atoms with Crippen molar-refractivity contribution in [2.75, 3.05) is 31.1 Å². The van der Waals surface area contributed by atoms with Crippen LogP contribution in [0.25, 0.3) is 0 Å². The molecule has 1 aromatic heterocycles. The van der Waals surface area contributed by atoms with Gasteiger partial charge < -0.3 is 10.6 Å². The highest BCUT2D eigenvalue weighted by Gasteiger charge is 2.39. The minimum Gasteiger partial charge on any atom is -0.368 e. The van der Waals surface area contributed by atoms with E-state index in [0.717, 1.165) is 43.8 Å². The summed E-state index contributed by atoms with van der Waals surface area (Å²) in [7, 11) is 0. The number of amides is 1. The normalized spacial score (nSPS) is 23.2. The van der Waals surface area contributed by atoms with Gasteiger partial charge in [-0.3, -0.25) is 9.69 Å². The molecule has 2 N–H and O–H groups in total. The minimum atomic E-state index is -0.469. The molecule has 1 saturated carbocycles. The van der Waals surface area contributed by atoms with Gasteiger partial charge in [-0.15, -0.1) is 0 Å². The van der Waals surface area contributed by atoms with E-state index in [-0.39, 0.29) is 0 Å². The molecule has 2 aliphatic rings. The summed E-state index contributed by atoms with van der Waals surface area (Å²) in [5.74, 6) is 0.411. The summed E-state index contributed by atoms with van der Waals surface area (Å²) in [6.45, 7) is 15.5. The number of nitrogens with zero attached hydrogens (tertiary/aromatic N) is 3. The molecule has 2 unspecified atom stereocenters. The average molecular weight is 389 g/mol. The molecule has 0 radical (unpaired) electrons. The Bertz CT molecular complexity index is 604. The van der Waals surface area contributed by atoms with E-state index in [1.54, 1.807) is 12.3 Å². The van der Waals surface area contributed by atoms with Crippen LogP contribution in [0.5, 0.6) is 0 Å². The van der Waals surface area contributed by atoms with Crippen LogP contribution in [-0.4, -0.2) is 48.0 Å². The van der Waals surface area contributed by atoms with Crippen LogP contribution in [0.3, 0.4) is 0 Å². The van der Waals surface area contributed by atoms with Gasteiger partial charge in [0.1, 0.15) is 5.69 Å². The second-order valence-corrected chi connectivity index (χ2v) is 8.31. The Balaban J connectivity index is 0.00000136. The molecule has 2 fully saturated rings. The van der Waals surface area contributed by atoms with Crippen molar-refractivity contribution in [1.29, 1.82) is 0 Å². The molecular formula is C23H40N4O. The molecule has 1 saturated heterocycles. The van der Waals surface area contributed by atoms with Crippen molar-refractivity contribution in [3.63, 3.8) is 0 Å². The monoisotopic (exact) mass is 388 g/mol. The number of piperazine rings is 1. The molecule has 1 aromatic rings. The van der Waals surface area contributed by atoms with Crippen LogP contribution in [0, 0.1) is 11.3 Å². The topological polar surface area (TPSA) is 62.5 Å². The SMILES string of the molecule is CC.CCC(C)(CC)C1CCC(N2CCN(c3ccc(C(N)=O)nc3)CC2)C1. The molecule has 0 bridgehead atoms. The standard InChI is InChI=1S/C21H34N4O.C2H6/c1-4-21(3,5-2)16-6-7-17(14-16)24-10-12-25(13-11-24)18-8-9-19(20(22)26)23-15-18;1-2/h8-9,15-17H,4-7,10-14H2,1-3H3,(H2,22,26);1-2H3. The van der Waals surface area contributed by atoms with E-state index >= 15 is 0 Å². The molecule has 1 amide bonds. The maximum atomic E-state index is 11.2. The lowest BCUT2D eigenvalue weighted by atomic mass is 9.72. The van der Waals surface area contributed by atoms with Gasteiger partial charge in [0.05, 0.1) is 11.9 Å². The van der Waals surface area contributed by atoms with Crippen molar-refractivity contribution in [3.05, 3.63) is 24.0 Å². The smallest absolute Gasteiger partial charge is 0.267 e. The lowest BCUT2D eigenvalue weighted by Crippen LogP contribution is -2.50. The van der Waals surface area contributed by atoms with Crippen LogP contribution in [0.2, 0.25) is 0 Å². The largest absolute Gasteiger partial charge is 0.368 e. The number of hydrogen-bond donors (Lipinski definition) is 1. The van der Waals surface area contributed by atoms with Crippen LogP contribution in [0.4, 0.5) is 5.69 Å². The second-order valence-electron chi connectivity index (χ2n) is 8.31. The maximum Gasteiger partial charge on any atom is 0.267 e. The molecule has 2 atom stereocenters. The number of carbonyl (C=O) groups is 1. The third kappa shape index (κ3) is 5.05. The van der Waals surface area contributed by atoms with E-state index in [1.807, 2.05) is 19.9 Å². The van der Waals surface area contributed by atoms with E-state index < -0.39 is 5.91 Å². The van der Waals surface area contributed by atoms with Crippen LogP contribution in [-0.2, 0) is 0 Å². The third-order valence-electron chi connectivity index (χ3n) is 7.20. The molecule has 0 spiro atoms. The number of nitrogens with two attached hydrogens (primary N) is 1. The van der Waals surface area contributed by atoms with Crippen molar-refractivity contribution in [2.45, 2.75) is 72.8 Å². The van der Waals surface area contributed by atoms with Gasteiger partial charge in [0.25, 0.3) is 5.91 Å². The Morgan fingerprint density at radius 3 is 2.29 bits per heavy atom. The van der Waals surface area contributed by atoms with Crippen molar-refractivity contribution < 1.29 is 4.79 Å². The molecule has 1 aliphatic carbocycles.